The van der Waals surface area contributed by atoms with Crippen molar-refractivity contribution in [2.45, 2.75) is 6.18 Å². The van der Waals surface area contributed by atoms with Gasteiger partial charge in [0, 0.05) is 12.3 Å². The van der Waals surface area contributed by atoms with Crippen LogP contribution in [0.3, 0.4) is 0 Å². The highest BCUT2D eigenvalue weighted by Crippen LogP contribution is 2.32. The summed E-state index contributed by atoms with van der Waals surface area (Å²) in [6.45, 7) is 0. The van der Waals surface area contributed by atoms with Gasteiger partial charge in [0.15, 0.2) is 0 Å². The number of nitrogens with zero attached hydrogens (tertiary/aromatic N) is 3. The Kier molecular flexibility index (Phi) is 3.76. The van der Waals surface area contributed by atoms with Gasteiger partial charge in [-0.2, -0.15) is 13.2 Å². The summed E-state index contributed by atoms with van der Waals surface area (Å²) in [5.41, 5.74) is 4.44. The molecule has 2 aromatic heterocycles. The molecular formula is C15H10F3N5O. The molecule has 0 aliphatic carbocycles. The summed E-state index contributed by atoms with van der Waals surface area (Å²) in [6.07, 6.45) is -2.12. The van der Waals surface area contributed by atoms with Crippen molar-refractivity contribution >= 4 is 28.4 Å². The number of carbonyl (C=O) groups excluding carboxylic acids is 1. The number of carbonyl (C=O) groups is 1. The van der Waals surface area contributed by atoms with Gasteiger partial charge in [-0.25, -0.2) is 15.0 Å². The van der Waals surface area contributed by atoms with Crippen LogP contribution in [0.5, 0.6) is 0 Å². The number of pyridine rings is 1. The summed E-state index contributed by atoms with van der Waals surface area (Å²) in [6, 6.07) is 5.97. The molecule has 0 aliphatic heterocycles. The van der Waals surface area contributed by atoms with Crippen LogP contribution in [0, 0.1) is 0 Å². The predicted molar refractivity (Wildman–Crippen MR) is 81.1 cm³/mol. The van der Waals surface area contributed by atoms with Crippen molar-refractivity contribution in [2.75, 3.05) is 11.1 Å². The summed E-state index contributed by atoms with van der Waals surface area (Å²) in [4.78, 5) is 24.0. The molecule has 0 saturated carbocycles. The van der Waals surface area contributed by atoms with Crippen molar-refractivity contribution in [2.24, 2.45) is 0 Å². The number of nitrogens with two attached hydrogens (primary N) is 1. The van der Waals surface area contributed by atoms with Crippen molar-refractivity contribution in [3.8, 4) is 0 Å². The third kappa shape index (κ3) is 2.96. The van der Waals surface area contributed by atoms with E-state index < -0.39 is 23.2 Å². The zero-order valence-electron chi connectivity index (χ0n) is 12.0. The van der Waals surface area contributed by atoms with Crippen LogP contribution in [-0.2, 0) is 6.18 Å². The number of amides is 1. The van der Waals surface area contributed by atoms with E-state index in [-0.39, 0.29) is 11.6 Å². The molecule has 0 unspecified atom stereocenters. The molecule has 2 heterocycles. The van der Waals surface area contributed by atoms with E-state index in [1.165, 1.54) is 30.7 Å². The average molecular weight is 333 g/mol. The Balaban J connectivity index is 2.00. The van der Waals surface area contributed by atoms with Gasteiger partial charge in [-0.3, -0.25) is 4.79 Å². The van der Waals surface area contributed by atoms with Crippen LogP contribution in [0.2, 0.25) is 0 Å². The first-order chi connectivity index (χ1) is 11.4. The third-order valence-electron chi connectivity index (χ3n) is 3.25. The molecule has 0 saturated heterocycles. The van der Waals surface area contributed by atoms with Gasteiger partial charge >= 0.3 is 6.18 Å². The third-order valence-corrected chi connectivity index (χ3v) is 3.25. The van der Waals surface area contributed by atoms with Crippen molar-refractivity contribution in [1.82, 2.24) is 15.0 Å². The maximum absolute atomic E-state index is 13.0. The van der Waals surface area contributed by atoms with E-state index in [0.29, 0.717) is 10.9 Å². The van der Waals surface area contributed by atoms with Gasteiger partial charge in [-0.15, -0.1) is 0 Å². The van der Waals surface area contributed by atoms with Crippen LogP contribution in [-0.4, -0.2) is 20.9 Å². The second-order valence-electron chi connectivity index (χ2n) is 4.85. The number of nitrogens with one attached hydrogen (secondary N) is 1. The van der Waals surface area contributed by atoms with E-state index in [1.54, 1.807) is 0 Å². The first-order valence-corrected chi connectivity index (χ1v) is 6.70. The molecule has 0 aliphatic rings. The molecular weight excluding hydrogens is 323 g/mol. The lowest BCUT2D eigenvalue weighted by atomic mass is 10.1. The molecule has 3 rings (SSSR count). The van der Waals surface area contributed by atoms with Crippen LogP contribution in [0.4, 0.5) is 24.8 Å². The second-order valence-corrected chi connectivity index (χ2v) is 4.85. The fourth-order valence-corrected chi connectivity index (χ4v) is 2.17. The Morgan fingerprint density at radius 1 is 1.12 bits per heavy atom. The molecule has 6 nitrogen and oxygen atoms in total. The fraction of sp³-hybridized carbons (Fsp3) is 0.0667. The van der Waals surface area contributed by atoms with Gasteiger partial charge in [-0.1, -0.05) is 12.1 Å². The maximum atomic E-state index is 13.0. The molecule has 0 atom stereocenters. The smallest absolute Gasteiger partial charge is 0.384 e. The number of hydrogen-bond acceptors (Lipinski definition) is 5. The maximum Gasteiger partial charge on any atom is 0.417 e. The van der Waals surface area contributed by atoms with Gasteiger partial charge < -0.3 is 11.1 Å². The highest BCUT2D eigenvalue weighted by Gasteiger charge is 2.34. The molecule has 0 bridgehead atoms. The van der Waals surface area contributed by atoms with Crippen LogP contribution >= 0.6 is 0 Å². The quantitative estimate of drug-likeness (QED) is 0.752. The molecule has 0 radical (unpaired) electrons. The molecule has 0 spiro atoms. The number of nitrogen functional groups attached to an aromatic ring is 1. The van der Waals surface area contributed by atoms with Crippen LogP contribution in [0.15, 0.2) is 42.9 Å². The van der Waals surface area contributed by atoms with E-state index in [4.69, 9.17) is 5.73 Å². The summed E-state index contributed by atoms with van der Waals surface area (Å²) in [5.74, 6) is -0.657. The van der Waals surface area contributed by atoms with E-state index in [2.05, 4.69) is 20.3 Å². The fourth-order valence-electron chi connectivity index (χ4n) is 2.17. The molecule has 122 valence electrons. The first-order valence-electron chi connectivity index (χ1n) is 6.70. The predicted octanol–water partition coefficient (Wildman–Crippen LogP) is 2.88. The molecule has 9 heteroatoms. The lowest BCUT2D eigenvalue weighted by Gasteiger charge is -2.13. The average Bonchev–Trinajstić information content (AvgIpc) is 2.54. The van der Waals surface area contributed by atoms with Crippen molar-refractivity contribution in [3.05, 3.63) is 54.0 Å². The second kappa shape index (κ2) is 5.76. The molecule has 1 aromatic carbocycles. The normalized spacial score (nSPS) is 11.5. The summed E-state index contributed by atoms with van der Waals surface area (Å²) < 4.78 is 39.0. The zero-order valence-corrected chi connectivity index (χ0v) is 12.0. The van der Waals surface area contributed by atoms with Crippen LogP contribution in [0.25, 0.3) is 10.9 Å². The monoisotopic (exact) mass is 333 g/mol. The molecule has 0 fully saturated rings. The number of alkyl halides is 3. The molecule has 3 N–H and O–H groups in total. The van der Waals surface area contributed by atoms with Crippen molar-refractivity contribution < 1.29 is 18.0 Å². The Morgan fingerprint density at radius 2 is 1.88 bits per heavy atom. The number of halogens is 3. The van der Waals surface area contributed by atoms with Gasteiger partial charge in [0.2, 0.25) is 0 Å². The minimum absolute atomic E-state index is 0.0504. The van der Waals surface area contributed by atoms with Crippen molar-refractivity contribution in [1.29, 1.82) is 0 Å². The highest BCUT2D eigenvalue weighted by atomic mass is 19.4. The van der Waals surface area contributed by atoms with Gasteiger partial charge in [-0.05, 0) is 12.1 Å². The summed E-state index contributed by atoms with van der Waals surface area (Å²) in [7, 11) is 0. The number of rotatable bonds is 2. The Labute approximate surface area is 133 Å². The minimum atomic E-state index is -4.64. The Morgan fingerprint density at radius 3 is 2.62 bits per heavy atom. The number of benzene rings is 1. The highest BCUT2D eigenvalue weighted by molar-refractivity contribution is 6.08. The van der Waals surface area contributed by atoms with Gasteiger partial charge in [0.1, 0.15) is 18.0 Å². The number of aromatic nitrogens is 3. The van der Waals surface area contributed by atoms with Crippen LogP contribution < -0.4 is 11.1 Å². The van der Waals surface area contributed by atoms with Gasteiger partial charge in [0.25, 0.3) is 5.91 Å². The van der Waals surface area contributed by atoms with E-state index in [0.717, 1.165) is 12.1 Å². The number of hydrogen-bond donors (Lipinski definition) is 2. The molecule has 3 aromatic rings. The van der Waals surface area contributed by atoms with E-state index in [9.17, 15) is 18.0 Å². The number of fused-ring (bicyclic) bond motifs is 1. The Bertz CT molecular complexity index is 926. The lowest BCUT2D eigenvalue weighted by molar-refractivity contribution is -0.137. The van der Waals surface area contributed by atoms with E-state index >= 15 is 0 Å². The standard InChI is InChI=1S/C15H10F3N5O/c16-15(17,18)10-4-2-1-3-8(10)14(24)23-13-9-6-20-12(19)5-11(9)21-7-22-13/h1-7H,(H2,19,20)(H,21,22,23,24). The van der Waals surface area contributed by atoms with Crippen LogP contribution in [0.1, 0.15) is 15.9 Å². The van der Waals surface area contributed by atoms with Gasteiger partial charge in [0.05, 0.1) is 22.0 Å². The van der Waals surface area contributed by atoms with Crippen molar-refractivity contribution in [3.63, 3.8) is 0 Å². The lowest BCUT2D eigenvalue weighted by Crippen LogP contribution is -2.19. The summed E-state index contributed by atoms with van der Waals surface area (Å²) in [5, 5.41) is 2.73. The van der Waals surface area contributed by atoms with E-state index in [1.807, 2.05) is 0 Å². The SMILES string of the molecule is Nc1cc2ncnc(NC(=O)c3ccccc3C(F)(F)F)c2cn1. The largest absolute Gasteiger partial charge is 0.417 e. The minimum Gasteiger partial charge on any atom is -0.384 e. The summed E-state index contributed by atoms with van der Waals surface area (Å²) >= 11 is 0. The topological polar surface area (TPSA) is 93.8 Å². The number of anilines is 2. The molecule has 1 amide bonds. The molecule has 24 heavy (non-hydrogen) atoms. The first kappa shape index (κ1) is 15.7. The Hall–Kier alpha value is -3.23. The zero-order chi connectivity index (χ0) is 17.3.